The van der Waals surface area contributed by atoms with E-state index in [2.05, 4.69) is 0 Å². The van der Waals surface area contributed by atoms with Gasteiger partial charge in [-0.25, -0.2) is 13.6 Å². The average molecular weight is 458 g/mol. The number of carbonyl (C=O) groups excluding carboxylic acids is 1. The van der Waals surface area contributed by atoms with Crippen LogP contribution >= 0.6 is 0 Å². The fraction of sp³-hybridized carbons (Fsp3) is 0.652. The van der Waals surface area contributed by atoms with Crippen molar-refractivity contribution in [3.8, 4) is 0 Å². The lowest BCUT2D eigenvalue weighted by atomic mass is 9.84. The maximum Gasteiger partial charge on any atom is 0.410 e. The summed E-state index contributed by atoms with van der Waals surface area (Å²) in [6.07, 6.45) is 0.291. The number of carboxylic acids is 1. The zero-order valence-corrected chi connectivity index (χ0v) is 19.3. The molecule has 0 spiro atoms. The number of benzene rings is 1. The second kappa shape index (κ2) is 11.0. The van der Waals surface area contributed by atoms with Crippen LogP contribution in [0.3, 0.4) is 0 Å². The summed E-state index contributed by atoms with van der Waals surface area (Å²) in [5.41, 5.74) is -0.541. The third kappa shape index (κ3) is 7.13. The molecule has 180 valence electrons. The molecular weight excluding hydrogens is 424 g/mol. The fourth-order valence-electron chi connectivity index (χ4n) is 4.15. The van der Waals surface area contributed by atoms with Crippen molar-refractivity contribution >= 4 is 12.1 Å². The molecule has 1 aliphatic heterocycles. The van der Waals surface area contributed by atoms with Gasteiger partial charge in [-0.05, 0) is 71.1 Å². The minimum absolute atomic E-state index is 0.175. The first-order valence-corrected chi connectivity index (χ1v) is 10.7. The van der Waals surface area contributed by atoms with Crippen molar-refractivity contribution in [2.75, 3.05) is 13.9 Å². The van der Waals surface area contributed by atoms with E-state index in [1.165, 1.54) is 12.0 Å². The Bertz CT molecular complexity index is 777. The number of nitrogens with zero attached hydrogens (tertiary/aromatic N) is 1. The van der Waals surface area contributed by atoms with Gasteiger partial charge in [0.15, 0.2) is 0 Å². The molecule has 1 aromatic rings. The molecule has 1 heterocycles. The van der Waals surface area contributed by atoms with Crippen LogP contribution in [0.4, 0.5) is 13.6 Å². The van der Waals surface area contributed by atoms with E-state index in [9.17, 15) is 23.5 Å². The molecule has 1 aromatic carbocycles. The van der Waals surface area contributed by atoms with Crippen LogP contribution in [0.5, 0.6) is 0 Å². The lowest BCUT2D eigenvalue weighted by molar-refractivity contribution is -0.162. The Balaban J connectivity index is 2.41. The predicted octanol–water partition coefficient (Wildman–Crippen LogP) is 4.38. The molecule has 1 N–H and O–H groups in total. The molecule has 9 heteroatoms. The third-order valence-corrected chi connectivity index (χ3v) is 5.41. The number of aliphatic carboxylic acids is 1. The van der Waals surface area contributed by atoms with E-state index in [0.717, 1.165) is 31.0 Å². The van der Waals surface area contributed by atoms with E-state index in [0.29, 0.717) is 6.42 Å². The van der Waals surface area contributed by atoms with E-state index in [1.54, 1.807) is 20.8 Å². The van der Waals surface area contributed by atoms with E-state index in [1.807, 2.05) is 6.92 Å². The maximum atomic E-state index is 13.7. The number of piperidine rings is 1. The molecule has 32 heavy (non-hydrogen) atoms. The Labute approximate surface area is 187 Å². The first-order chi connectivity index (χ1) is 14.9. The number of carbonyl (C=O) groups is 2. The van der Waals surface area contributed by atoms with Crippen LogP contribution in [0.2, 0.25) is 0 Å². The summed E-state index contributed by atoms with van der Waals surface area (Å²) in [5, 5.41) is 10.0. The summed E-state index contributed by atoms with van der Waals surface area (Å²) < 4.78 is 43.8. The molecule has 1 saturated heterocycles. The SMILES string of the molecule is COCO[C@@H](C(Cc1cc(F)cc(F)c1)C(=O)O)[C@H]1CCC[C@H](C)N1C(=O)OC(C)(C)C. The lowest BCUT2D eigenvalue weighted by Crippen LogP contribution is -2.58. The predicted molar refractivity (Wildman–Crippen MR) is 113 cm³/mol. The molecule has 4 atom stereocenters. The van der Waals surface area contributed by atoms with Crippen molar-refractivity contribution in [1.29, 1.82) is 0 Å². The van der Waals surface area contributed by atoms with Crippen LogP contribution in [0.15, 0.2) is 18.2 Å². The Morgan fingerprint density at radius 1 is 1.19 bits per heavy atom. The highest BCUT2D eigenvalue weighted by atomic mass is 19.1. The zero-order valence-electron chi connectivity index (χ0n) is 19.3. The normalized spacial score (nSPS) is 21.2. The van der Waals surface area contributed by atoms with Crippen molar-refractivity contribution in [3.63, 3.8) is 0 Å². The van der Waals surface area contributed by atoms with Gasteiger partial charge in [0.25, 0.3) is 0 Å². The van der Waals surface area contributed by atoms with E-state index >= 15 is 0 Å². The highest BCUT2D eigenvalue weighted by Gasteiger charge is 2.44. The van der Waals surface area contributed by atoms with Crippen LogP contribution in [0.1, 0.15) is 52.5 Å². The second-order valence-corrected chi connectivity index (χ2v) is 9.20. The minimum atomic E-state index is -1.20. The van der Waals surface area contributed by atoms with Gasteiger partial charge in [0.05, 0.1) is 18.1 Å². The number of carboxylic acid groups (broad SMARTS) is 1. The van der Waals surface area contributed by atoms with Gasteiger partial charge in [0.2, 0.25) is 0 Å². The van der Waals surface area contributed by atoms with Crippen molar-refractivity contribution in [3.05, 3.63) is 35.4 Å². The molecule has 0 radical (unpaired) electrons. The highest BCUT2D eigenvalue weighted by Crippen LogP contribution is 2.32. The molecule has 1 fully saturated rings. The third-order valence-electron chi connectivity index (χ3n) is 5.41. The molecule has 0 saturated carbocycles. The number of hydrogen-bond acceptors (Lipinski definition) is 5. The van der Waals surface area contributed by atoms with Gasteiger partial charge in [-0.15, -0.1) is 0 Å². The van der Waals surface area contributed by atoms with Gasteiger partial charge in [0, 0.05) is 19.2 Å². The number of methoxy groups -OCH3 is 1. The first-order valence-electron chi connectivity index (χ1n) is 10.7. The number of ether oxygens (including phenoxy) is 3. The van der Waals surface area contributed by atoms with Crippen molar-refractivity contribution in [1.82, 2.24) is 4.90 Å². The van der Waals surface area contributed by atoms with E-state index in [4.69, 9.17) is 14.2 Å². The summed E-state index contributed by atoms with van der Waals surface area (Å²) in [4.78, 5) is 26.8. The number of rotatable bonds is 8. The molecule has 0 aromatic heterocycles. The van der Waals surface area contributed by atoms with Gasteiger partial charge >= 0.3 is 12.1 Å². The lowest BCUT2D eigenvalue weighted by Gasteiger charge is -2.45. The smallest absolute Gasteiger partial charge is 0.410 e. The van der Waals surface area contributed by atoms with Crippen LogP contribution in [-0.2, 0) is 25.4 Å². The van der Waals surface area contributed by atoms with Gasteiger partial charge in [-0.3, -0.25) is 9.69 Å². The number of likely N-dealkylation sites (tertiary alicyclic amines) is 1. The summed E-state index contributed by atoms with van der Waals surface area (Å²) in [6, 6.07) is 2.12. The monoisotopic (exact) mass is 457 g/mol. The number of halogens is 2. The molecule has 2 rings (SSSR count). The van der Waals surface area contributed by atoms with Gasteiger partial charge in [0.1, 0.15) is 24.0 Å². The van der Waals surface area contributed by atoms with Crippen LogP contribution < -0.4 is 0 Å². The van der Waals surface area contributed by atoms with Crippen LogP contribution in [-0.4, -0.2) is 59.8 Å². The Morgan fingerprint density at radius 2 is 1.81 bits per heavy atom. The summed E-state index contributed by atoms with van der Waals surface area (Å²) in [6.45, 7) is 6.95. The number of hydrogen-bond donors (Lipinski definition) is 1. The van der Waals surface area contributed by atoms with E-state index < -0.39 is 47.4 Å². The standard InChI is InChI=1S/C23H33F2NO6/c1-14-7-6-8-19(26(14)22(29)32-23(2,3)4)20(31-13-30-5)18(21(27)28)11-15-9-16(24)12-17(25)10-15/h9-10,12,14,18-20H,6-8,11,13H2,1-5H3,(H,27,28)/t14-,18?,19+,20-/m0/s1. The summed E-state index contributed by atoms with van der Waals surface area (Å²) in [7, 11) is 1.41. The van der Waals surface area contributed by atoms with Gasteiger partial charge in [-0.1, -0.05) is 0 Å². The Hall–Kier alpha value is -2.26. The minimum Gasteiger partial charge on any atom is -0.481 e. The molecular formula is C23H33F2NO6. The fourth-order valence-corrected chi connectivity index (χ4v) is 4.15. The second-order valence-electron chi connectivity index (χ2n) is 9.20. The van der Waals surface area contributed by atoms with Crippen molar-refractivity contribution in [2.45, 2.75) is 77.2 Å². The Kier molecular flexibility index (Phi) is 8.98. The van der Waals surface area contributed by atoms with Crippen LogP contribution in [0.25, 0.3) is 0 Å². The van der Waals surface area contributed by atoms with E-state index in [-0.39, 0.29) is 24.8 Å². The quantitative estimate of drug-likeness (QED) is 0.584. The molecule has 0 bridgehead atoms. The molecule has 7 nitrogen and oxygen atoms in total. The summed E-state index contributed by atoms with van der Waals surface area (Å²) >= 11 is 0. The molecule has 0 aliphatic carbocycles. The van der Waals surface area contributed by atoms with Gasteiger partial charge in [-0.2, -0.15) is 0 Å². The largest absolute Gasteiger partial charge is 0.481 e. The molecule has 1 unspecified atom stereocenters. The number of amides is 1. The zero-order chi connectivity index (χ0) is 24.1. The maximum absolute atomic E-state index is 13.7. The van der Waals surface area contributed by atoms with Crippen molar-refractivity contribution < 1.29 is 37.7 Å². The highest BCUT2D eigenvalue weighted by molar-refractivity contribution is 5.72. The first kappa shape index (κ1) is 26.0. The molecule has 1 aliphatic rings. The summed E-state index contributed by atoms with van der Waals surface area (Å²) in [5.74, 6) is -3.95. The van der Waals surface area contributed by atoms with Crippen molar-refractivity contribution in [2.24, 2.45) is 5.92 Å². The topological polar surface area (TPSA) is 85.3 Å². The Morgan fingerprint density at radius 3 is 2.34 bits per heavy atom. The average Bonchev–Trinajstić information content (AvgIpc) is 2.65. The molecule has 1 amide bonds. The van der Waals surface area contributed by atoms with Crippen LogP contribution in [0, 0.1) is 17.6 Å². The van der Waals surface area contributed by atoms with Gasteiger partial charge < -0.3 is 19.3 Å².